The number of carbonyl (C=O) groups is 2. The highest BCUT2D eigenvalue weighted by atomic mass is 16.6. The minimum Gasteiger partial charge on any atom is -0.455 e. The van der Waals surface area contributed by atoms with Crippen molar-refractivity contribution in [3.8, 4) is 0 Å². The third kappa shape index (κ3) is 4.18. The summed E-state index contributed by atoms with van der Waals surface area (Å²) in [6.07, 6.45) is 6.08. The summed E-state index contributed by atoms with van der Waals surface area (Å²) >= 11 is 0. The van der Waals surface area contributed by atoms with Crippen LogP contribution in [0.4, 0.5) is 11.4 Å². The smallest absolute Gasteiger partial charge is 0.309 e. The van der Waals surface area contributed by atoms with Crippen LogP contribution in [-0.4, -0.2) is 23.4 Å². The number of nitrogens with zero attached hydrogens (tertiary/aromatic N) is 1. The van der Waals surface area contributed by atoms with Crippen molar-refractivity contribution in [2.75, 3.05) is 11.9 Å². The van der Waals surface area contributed by atoms with Crippen molar-refractivity contribution in [2.24, 2.45) is 5.92 Å². The Morgan fingerprint density at radius 3 is 2.71 bits per heavy atom. The predicted octanol–water partition coefficient (Wildman–Crippen LogP) is 3.05. The Bertz CT molecular complexity index is 696. The molecule has 2 rings (SSSR count). The van der Waals surface area contributed by atoms with Gasteiger partial charge in [0, 0.05) is 6.07 Å². The number of amides is 1. The predicted molar refractivity (Wildman–Crippen MR) is 88.6 cm³/mol. The summed E-state index contributed by atoms with van der Waals surface area (Å²) in [5, 5.41) is 13.6. The van der Waals surface area contributed by atoms with Crippen molar-refractivity contribution in [1.82, 2.24) is 0 Å². The van der Waals surface area contributed by atoms with Crippen LogP contribution < -0.4 is 5.32 Å². The van der Waals surface area contributed by atoms with Gasteiger partial charge in [0.05, 0.1) is 10.8 Å². The van der Waals surface area contributed by atoms with Gasteiger partial charge in [0.2, 0.25) is 0 Å². The van der Waals surface area contributed by atoms with Crippen LogP contribution >= 0.6 is 0 Å². The first-order chi connectivity index (χ1) is 11.4. The largest absolute Gasteiger partial charge is 0.455 e. The van der Waals surface area contributed by atoms with Crippen LogP contribution in [0.5, 0.6) is 0 Å². The summed E-state index contributed by atoms with van der Waals surface area (Å²) in [5.41, 5.74) is 1.39. The molecule has 128 valence electrons. The third-order valence-corrected chi connectivity index (χ3v) is 4.12. The molecule has 7 heteroatoms. The first kappa shape index (κ1) is 17.7. The minimum absolute atomic E-state index is 0.140. The van der Waals surface area contributed by atoms with Gasteiger partial charge in [-0.3, -0.25) is 19.7 Å². The maximum atomic E-state index is 12.0. The lowest BCUT2D eigenvalue weighted by molar-refractivity contribution is -0.384. The van der Waals surface area contributed by atoms with Crippen LogP contribution in [0, 0.1) is 29.9 Å². The van der Waals surface area contributed by atoms with E-state index < -0.39 is 23.4 Å². The van der Waals surface area contributed by atoms with Gasteiger partial charge in [-0.1, -0.05) is 18.2 Å². The number of allylic oxidation sites excluding steroid dienone is 2. The maximum absolute atomic E-state index is 12.0. The van der Waals surface area contributed by atoms with Gasteiger partial charge >= 0.3 is 5.97 Å². The molecule has 24 heavy (non-hydrogen) atoms. The lowest BCUT2D eigenvalue weighted by Crippen LogP contribution is -2.25. The normalized spacial score (nSPS) is 16.5. The molecule has 1 aliphatic carbocycles. The van der Waals surface area contributed by atoms with Crippen molar-refractivity contribution in [3.63, 3.8) is 0 Å². The van der Waals surface area contributed by atoms with Crippen molar-refractivity contribution in [3.05, 3.63) is 45.5 Å². The summed E-state index contributed by atoms with van der Waals surface area (Å²) in [4.78, 5) is 34.5. The van der Waals surface area contributed by atoms with E-state index >= 15 is 0 Å². The van der Waals surface area contributed by atoms with Crippen LogP contribution in [-0.2, 0) is 14.3 Å². The molecule has 1 aromatic carbocycles. The Kier molecular flexibility index (Phi) is 5.68. The van der Waals surface area contributed by atoms with Gasteiger partial charge in [0.15, 0.2) is 6.61 Å². The van der Waals surface area contributed by atoms with Crippen molar-refractivity contribution < 1.29 is 19.2 Å². The summed E-state index contributed by atoms with van der Waals surface area (Å²) in [6.45, 7) is 3.03. The van der Waals surface area contributed by atoms with Gasteiger partial charge in [-0.2, -0.15) is 0 Å². The van der Waals surface area contributed by atoms with E-state index in [-0.39, 0.29) is 17.3 Å². The molecule has 1 aromatic rings. The van der Waals surface area contributed by atoms with E-state index in [1.54, 1.807) is 19.9 Å². The third-order valence-electron chi connectivity index (χ3n) is 4.12. The van der Waals surface area contributed by atoms with E-state index in [2.05, 4.69) is 5.32 Å². The quantitative estimate of drug-likeness (QED) is 0.387. The van der Waals surface area contributed by atoms with Crippen LogP contribution in [0.3, 0.4) is 0 Å². The van der Waals surface area contributed by atoms with E-state index in [1.165, 1.54) is 6.07 Å². The number of carbonyl (C=O) groups excluding carboxylic acids is 2. The Labute approximate surface area is 139 Å². The Morgan fingerprint density at radius 2 is 2.08 bits per heavy atom. The average molecular weight is 332 g/mol. The minimum atomic E-state index is -0.591. The number of nitrogens with one attached hydrogen (secondary N) is 1. The number of rotatable bonds is 5. The highest BCUT2D eigenvalue weighted by molar-refractivity contribution is 5.96. The Hall–Kier alpha value is -2.70. The zero-order valence-electron chi connectivity index (χ0n) is 13.7. The zero-order valence-corrected chi connectivity index (χ0v) is 13.7. The number of esters is 1. The van der Waals surface area contributed by atoms with Gasteiger partial charge in [-0.05, 0) is 44.2 Å². The number of nitro groups is 1. The molecular weight excluding hydrogens is 312 g/mol. The molecule has 1 amide bonds. The van der Waals surface area contributed by atoms with Gasteiger partial charge in [0.1, 0.15) is 5.69 Å². The lowest BCUT2D eigenvalue weighted by Gasteiger charge is -2.16. The summed E-state index contributed by atoms with van der Waals surface area (Å²) in [6, 6.07) is 2.97. The topological polar surface area (TPSA) is 98.5 Å². The fourth-order valence-corrected chi connectivity index (χ4v) is 2.55. The number of aryl methyl sites for hydroxylation is 1. The van der Waals surface area contributed by atoms with Crippen LogP contribution in [0.25, 0.3) is 0 Å². The molecule has 0 bridgehead atoms. The van der Waals surface area contributed by atoms with Gasteiger partial charge in [0.25, 0.3) is 11.6 Å². The molecule has 0 aliphatic heterocycles. The molecule has 1 aliphatic rings. The number of benzene rings is 1. The number of ether oxygens (including phenoxy) is 1. The standard InChI is InChI=1S/C17H20N2O5/c1-11-8-9-14(19(22)23)16(12(11)2)18-15(20)10-24-17(21)13-6-4-3-5-7-13/h3-4,8-9,13H,5-7,10H2,1-2H3,(H,18,20)/t13-/m1/s1. The molecular formula is C17H20N2O5. The molecule has 7 nitrogen and oxygen atoms in total. The Morgan fingerprint density at radius 1 is 1.33 bits per heavy atom. The SMILES string of the molecule is Cc1ccc([N+](=O)[O-])c(NC(=O)COC(=O)[C@@H]2CC=CCC2)c1C. The second kappa shape index (κ2) is 7.72. The lowest BCUT2D eigenvalue weighted by atomic mass is 9.95. The van der Waals surface area contributed by atoms with E-state index in [1.807, 2.05) is 12.2 Å². The molecule has 0 spiro atoms. The molecule has 0 fully saturated rings. The number of nitro benzene ring substituents is 1. The fraction of sp³-hybridized carbons (Fsp3) is 0.412. The summed E-state index contributed by atoms with van der Waals surface area (Å²) in [7, 11) is 0. The molecule has 0 saturated heterocycles. The van der Waals surface area contributed by atoms with Gasteiger partial charge < -0.3 is 10.1 Å². The molecule has 1 N–H and O–H groups in total. The second-order valence-corrected chi connectivity index (χ2v) is 5.80. The molecule has 0 radical (unpaired) electrons. The zero-order chi connectivity index (χ0) is 17.7. The summed E-state index contributed by atoms with van der Waals surface area (Å²) in [5.74, 6) is -1.23. The molecule has 0 heterocycles. The van der Waals surface area contributed by atoms with Crippen molar-refractivity contribution in [1.29, 1.82) is 0 Å². The first-order valence-corrected chi connectivity index (χ1v) is 7.76. The summed E-state index contributed by atoms with van der Waals surface area (Å²) < 4.78 is 5.03. The van der Waals surface area contributed by atoms with Crippen LogP contribution in [0.2, 0.25) is 0 Å². The number of hydrogen-bond acceptors (Lipinski definition) is 5. The highest BCUT2D eigenvalue weighted by Crippen LogP contribution is 2.30. The Balaban J connectivity index is 2.00. The van der Waals surface area contributed by atoms with E-state index in [9.17, 15) is 19.7 Å². The van der Waals surface area contributed by atoms with Gasteiger partial charge in [-0.25, -0.2) is 0 Å². The number of anilines is 1. The van der Waals surface area contributed by atoms with Crippen molar-refractivity contribution in [2.45, 2.75) is 33.1 Å². The molecule has 1 atom stereocenters. The molecule has 0 aromatic heterocycles. The van der Waals surface area contributed by atoms with E-state index in [0.717, 1.165) is 12.0 Å². The first-order valence-electron chi connectivity index (χ1n) is 7.76. The molecule has 0 unspecified atom stereocenters. The highest BCUT2D eigenvalue weighted by Gasteiger charge is 2.23. The molecule has 0 saturated carbocycles. The maximum Gasteiger partial charge on any atom is 0.309 e. The van der Waals surface area contributed by atoms with Crippen LogP contribution in [0.15, 0.2) is 24.3 Å². The van der Waals surface area contributed by atoms with Crippen LogP contribution in [0.1, 0.15) is 30.4 Å². The second-order valence-electron chi connectivity index (χ2n) is 5.80. The average Bonchev–Trinajstić information content (AvgIpc) is 2.57. The van der Waals surface area contributed by atoms with E-state index in [4.69, 9.17) is 4.74 Å². The van der Waals surface area contributed by atoms with Crippen molar-refractivity contribution >= 4 is 23.3 Å². The van der Waals surface area contributed by atoms with E-state index in [0.29, 0.717) is 18.4 Å². The fourth-order valence-electron chi connectivity index (χ4n) is 2.55. The number of hydrogen-bond donors (Lipinski definition) is 1. The van der Waals surface area contributed by atoms with Gasteiger partial charge in [-0.15, -0.1) is 0 Å². The monoisotopic (exact) mass is 332 g/mol.